The van der Waals surface area contributed by atoms with Gasteiger partial charge in [0.15, 0.2) is 0 Å². The van der Waals surface area contributed by atoms with E-state index in [1.54, 1.807) is 0 Å². The average Bonchev–Trinajstić information content (AvgIpc) is 2.33. The summed E-state index contributed by atoms with van der Waals surface area (Å²) in [6.45, 7) is 2.63. The van der Waals surface area contributed by atoms with Crippen LogP contribution in [0.4, 0.5) is 5.69 Å². The fourth-order valence-electron chi connectivity index (χ4n) is 2.05. The molecule has 0 aliphatic carbocycles. The molecule has 0 radical (unpaired) electrons. The number of carbonyl (C=O) groups excluding carboxylic acids is 1. The Morgan fingerprint density at radius 1 is 1.18 bits per heavy atom. The van der Waals surface area contributed by atoms with Crippen LogP contribution < -0.4 is 5.32 Å². The number of amides is 1. The fraction of sp³-hybridized carbons (Fsp3) is 0.462. The highest BCUT2D eigenvalue weighted by Crippen LogP contribution is 2.12. The maximum Gasteiger partial charge on any atom is 0.238 e. The molecule has 92 valence electrons. The Kier molecular flexibility index (Phi) is 4.79. The van der Waals surface area contributed by atoms with Crippen LogP contribution in [-0.4, -0.2) is 30.4 Å². The minimum atomic E-state index is 0.0908. The van der Waals surface area contributed by atoms with Crippen LogP contribution in [0.15, 0.2) is 24.3 Å². The van der Waals surface area contributed by atoms with Crippen LogP contribution in [0.1, 0.15) is 19.3 Å². The van der Waals surface area contributed by atoms with E-state index in [2.05, 4.69) is 32.8 Å². The normalized spacial score (nSPS) is 16.8. The Bertz CT molecular complexity index is 372. The maximum atomic E-state index is 11.8. The molecule has 2 rings (SSSR count). The molecule has 17 heavy (non-hydrogen) atoms. The summed E-state index contributed by atoms with van der Waals surface area (Å²) in [6, 6.07) is 7.87. The van der Waals surface area contributed by atoms with Crippen molar-refractivity contribution in [3.63, 3.8) is 0 Å². The van der Waals surface area contributed by atoms with Gasteiger partial charge in [0.25, 0.3) is 0 Å². The number of carbonyl (C=O) groups is 1. The monoisotopic (exact) mass is 344 g/mol. The molecule has 1 aliphatic rings. The molecule has 1 amide bonds. The second kappa shape index (κ2) is 6.35. The van der Waals surface area contributed by atoms with Crippen molar-refractivity contribution in [2.24, 2.45) is 0 Å². The van der Waals surface area contributed by atoms with E-state index >= 15 is 0 Å². The number of anilines is 1. The van der Waals surface area contributed by atoms with Crippen molar-refractivity contribution < 1.29 is 4.79 Å². The highest BCUT2D eigenvalue weighted by atomic mass is 127. The van der Waals surface area contributed by atoms with E-state index in [0.717, 1.165) is 18.8 Å². The zero-order valence-electron chi connectivity index (χ0n) is 9.79. The van der Waals surface area contributed by atoms with Gasteiger partial charge in [-0.3, -0.25) is 9.69 Å². The van der Waals surface area contributed by atoms with E-state index in [1.807, 2.05) is 24.3 Å². The standard InChI is InChI=1S/C13H17IN2O/c14-11-4-6-12(7-5-11)15-13(17)10-16-8-2-1-3-9-16/h4-7H,1-3,8-10H2,(H,15,17). The fourth-order valence-corrected chi connectivity index (χ4v) is 2.41. The van der Waals surface area contributed by atoms with E-state index in [1.165, 1.54) is 22.8 Å². The second-order valence-corrected chi connectivity index (χ2v) is 5.64. The second-order valence-electron chi connectivity index (χ2n) is 4.39. The summed E-state index contributed by atoms with van der Waals surface area (Å²) >= 11 is 2.25. The number of hydrogen-bond acceptors (Lipinski definition) is 2. The third kappa shape index (κ3) is 4.27. The van der Waals surface area contributed by atoms with Gasteiger partial charge >= 0.3 is 0 Å². The molecular formula is C13H17IN2O. The first-order chi connectivity index (χ1) is 8.24. The quantitative estimate of drug-likeness (QED) is 0.856. The van der Waals surface area contributed by atoms with Crippen LogP contribution in [-0.2, 0) is 4.79 Å². The molecule has 3 nitrogen and oxygen atoms in total. The van der Waals surface area contributed by atoms with Crippen molar-refractivity contribution in [2.45, 2.75) is 19.3 Å². The van der Waals surface area contributed by atoms with Gasteiger partial charge in [0.2, 0.25) is 5.91 Å². The first-order valence-electron chi connectivity index (χ1n) is 6.02. The van der Waals surface area contributed by atoms with Crippen molar-refractivity contribution in [2.75, 3.05) is 25.0 Å². The van der Waals surface area contributed by atoms with Gasteiger partial charge in [0.1, 0.15) is 0 Å². The molecule has 1 aromatic carbocycles. The summed E-state index contributed by atoms with van der Waals surface area (Å²) in [5.41, 5.74) is 0.882. The SMILES string of the molecule is O=C(CN1CCCCC1)Nc1ccc(I)cc1. The predicted molar refractivity (Wildman–Crippen MR) is 78.1 cm³/mol. The lowest BCUT2D eigenvalue weighted by atomic mass is 10.1. The average molecular weight is 344 g/mol. The number of rotatable bonds is 3. The number of benzene rings is 1. The molecule has 1 saturated heterocycles. The van der Waals surface area contributed by atoms with Crippen LogP contribution in [0.3, 0.4) is 0 Å². The molecule has 1 aliphatic heterocycles. The van der Waals surface area contributed by atoms with Gasteiger partial charge in [-0.1, -0.05) is 6.42 Å². The lowest BCUT2D eigenvalue weighted by molar-refractivity contribution is -0.117. The van der Waals surface area contributed by atoms with Crippen molar-refractivity contribution >= 4 is 34.2 Å². The molecule has 0 atom stereocenters. The molecule has 1 fully saturated rings. The molecule has 0 saturated carbocycles. The van der Waals surface area contributed by atoms with Gasteiger partial charge in [-0.15, -0.1) is 0 Å². The summed E-state index contributed by atoms with van der Waals surface area (Å²) in [5, 5.41) is 2.93. The van der Waals surface area contributed by atoms with Gasteiger partial charge in [0.05, 0.1) is 6.54 Å². The largest absolute Gasteiger partial charge is 0.325 e. The number of piperidine rings is 1. The van der Waals surface area contributed by atoms with E-state index < -0.39 is 0 Å². The highest BCUT2D eigenvalue weighted by molar-refractivity contribution is 14.1. The van der Waals surface area contributed by atoms with Crippen molar-refractivity contribution in [1.82, 2.24) is 4.90 Å². The first-order valence-corrected chi connectivity index (χ1v) is 7.10. The van der Waals surface area contributed by atoms with Crippen molar-refractivity contribution in [3.05, 3.63) is 27.8 Å². The Morgan fingerprint density at radius 3 is 2.47 bits per heavy atom. The van der Waals surface area contributed by atoms with Gasteiger partial charge in [-0.25, -0.2) is 0 Å². The van der Waals surface area contributed by atoms with E-state index in [-0.39, 0.29) is 5.91 Å². The third-order valence-electron chi connectivity index (χ3n) is 2.94. The summed E-state index contributed by atoms with van der Waals surface area (Å²) in [6.07, 6.45) is 3.74. The number of hydrogen-bond donors (Lipinski definition) is 1. The Labute approximate surface area is 116 Å². The molecule has 0 unspecified atom stereocenters. The molecule has 4 heteroatoms. The summed E-state index contributed by atoms with van der Waals surface area (Å²) < 4.78 is 1.18. The van der Waals surface area contributed by atoms with Crippen LogP contribution >= 0.6 is 22.6 Å². The number of nitrogens with zero attached hydrogens (tertiary/aromatic N) is 1. The van der Waals surface area contributed by atoms with Crippen LogP contribution in [0.25, 0.3) is 0 Å². The van der Waals surface area contributed by atoms with Gasteiger partial charge < -0.3 is 5.32 Å². The summed E-state index contributed by atoms with van der Waals surface area (Å²) in [7, 11) is 0. The molecule has 0 aromatic heterocycles. The maximum absolute atomic E-state index is 11.8. The minimum Gasteiger partial charge on any atom is -0.325 e. The van der Waals surface area contributed by atoms with Crippen LogP contribution in [0, 0.1) is 3.57 Å². The number of likely N-dealkylation sites (tertiary alicyclic amines) is 1. The molecule has 1 heterocycles. The highest BCUT2D eigenvalue weighted by Gasteiger charge is 2.13. The first kappa shape index (κ1) is 12.8. The summed E-state index contributed by atoms with van der Waals surface area (Å²) in [5.74, 6) is 0.0908. The van der Waals surface area contributed by atoms with Gasteiger partial charge in [-0.05, 0) is 72.8 Å². The molecule has 1 aromatic rings. The predicted octanol–water partition coefficient (Wildman–Crippen LogP) is 2.72. The smallest absolute Gasteiger partial charge is 0.238 e. The Morgan fingerprint density at radius 2 is 1.82 bits per heavy atom. The summed E-state index contributed by atoms with van der Waals surface area (Å²) in [4.78, 5) is 14.0. The van der Waals surface area contributed by atoms with Gasteiger partial charge in [0, 0.05) is 9.26 Å². The Hall–Kier alpha value is -0.620. The zero-order chi connectivity index (χ0) is 12.1. The van der Waals surface area contributed by atoms with Gasteiger partial charge in [-0.2, -0.15) is 0 Å². The van der Waals surface area contributed by atoms with E-state index in [9.17, 15) is 4.79 Å². The minimum absolute atomic E-state index is 0.0908. The van der Waals surface area contributed by atoms with Crippen molar-refractivity contribution in [3.8, 4) is 0 Å². The van der Waals surface area contributed by atoms with Crippen LogP contribution in [0.5, 0.6) is 0 Å². The molecular weight excluding hydrogens is 327 g/mol. The lowest BCUT2D eigenvalue weighted by Crippen LogP contribution is -2.36. The van der Waals surface area contributed by atoms with Crippen molar-refractivity contribution in [1.29, 1.82) is 0 Å². The molecule has 0 bridgehead atoms. The van der Waals surface area contributed by atoms with E-state index in [4.69, 9.17) is 0 Å². The number of nitrogens with one attached hydrogen (secondary N) is 1. The Balaban J connectivity index is 1.82. The van der Waals surface area contributed by atoms with Crippen LogP contribution in [0.2, 0.25) is 0 Å². The third-order valence-corrected chi connectivity index (χ3v) is 3.66. The number of halogens is 1. The zero-order valence-corrected chi connectivity index (χ0v) is 11.9. The topological polar surface area (TPSA) is 32.3 Å². The van der Waals surface area contributed by atoms with E-state index in [0.29, 0.717) is 6.54 Å². The lowest BCUT2D eigenvalue weighted by Gasteiger charge is -2.25. The molecule has 1 N–H and O–H groups in total. The molecule has 0 spiro atoms.